The van der Waals surface area contributed by atoms with E-state index in [0.717, 1.165) is 0 Å². The number of ketones is 1. The molecule has 1 aromatic rings. The maximum absolute atomic E-state index is 11.4. The topological polar surface area (TPSA) is 66.4 Å². The van der Waals surface area contributed by atoms with Gasteiger partial charge < -0.3 is 10.4 Å². The molecule has 0 heterocycles. The Balaban J connectivity index is 2.62. The number of carbonyl (C=O) groups is 2. The number of hydrogen-bond donors (Lipinski definition) is 2. The molecular formula is C10H11NO3. The first kappa shape index (κ1) is 10.4. The number of nitrogens with one attached hydrogen (secondary N) is 1. The van der Waals surface area contributed by atoms with Gasteiger partial charge in [-0.25, -0.2) is 0 Å². The Bertz CT molecular complexity index is 321. The molecule has 0 fully saturated rings. The van der Waals surface area contributed by atoms with Crippen LogP contribution >= 0.6 is 0 Å². The van der Waals surface area contributed by atoms with Crippen LogP contribution in [0.15, 0.2) is 30.3 Å². The molecule has 4 nitrogen and oxygen atoms in total. The first-order valence-corrected chi connectivity index (χ1v) is 4.24. The largest absolute Gasteiger partial charge is 0.395 e. The quantitative estimate of drug-likeness (QED) is 0.521. The summed E-state index contributed by atoms with van der Waals surface area (Å²) < 4.78 is 0. The van der Waals surface area contributed by atoms with Crippen molar-refractivity contribution in [2.75, 3.05) is 13.2 Å². The molecule has 0 bridgehead atoms. The van der Waals surface area contributed by atoms with E-state index < -0.39 is 11.7 Å². The van der Waals surface area contributed by atoms with E-state index in [2.05, 4.69) is 5.32 Å². The molecule has 0 spiro atoms. The van der Waals surface area contributed by atoms with E-state index >= 15 is 0 Å². The average Bonchev–Trinajstić information content (AvgIpc) is 2.26. The molecule has 0 aromatic heterocycles. The zero-order valence-electron chi connectivity index (χ0n) is 7.56. The molecule has 0 aliphatic carbocycles. The maximum atomic E-state index is 11.4. The van der Waals surface area contributed by atoms with Gasteiger partial charge in [-0.3, -0.25) is 9.59 Å². The van der Waals surface area contributed by atoms with Crippen molar-refractivity contribution in [1.82, 2.24) is 5.32 Å². The molecule has 0 atom stereocenters. The number of amides is 1. The second kappa shape index (κ2) is 5.14. The molecule has 4 heteroatoms. The molecule has 0 aliphatic heterocycles. The van der Waals surface area contributed by atoms with Crippen molar-refractivity contribution in [3.8, 4) is 0 Å². The van der Waals surface area contributed by atoms with Gasteiger partial charge in [-0.05, 0) is 0 Å². The Morgan fingerprint density at radius 3 is 2.43 bits per heavy atom. The van der Waals surface area contributed by atoms with Crippen molar-refractivity contribution >= 4 is 11.7 Å². The summed E-state index contributed by atoms with van der Waals surface area (Å²) >= 11 is 0. The number of Topliss-reactive ketones (excluding diaryl/α,β-unsaturated/α-hetero) is 1. The second-order valence-corrected chi connectivity index (χ2v) is 2.67. The molecule has 14 heavy (non-hydrogen) atoms. The van der Waals surface area contributed by atoms with E-state index in [4.69, 9.17) is 5.11 Å². The molecular weight excluding hydrogens is 182 g/mol. The zero-order valence-corrected chi connectivity index (χ0v) is 7.56. The van der Waals surface area contributed by atoms with Crippen LogP contribution in [0.5, 0.6) is 0 Å². The molecule has 74 valence electrons. The molecule has 1 rings (SSSR count). The maximum Gasteiger partial charge on any atom is 0.292 e. The second-order valence-electron chi connectivity index (χ2n) is 2.67. The summed E-state index contributed by atoms with van der Waals surface area (Å²) in [5, 5.41) is 10.7. The van der Waals surface area contributed by atoms with E-state index in [9.17, 15) is 9.59 Å². The van der Waals surface area contributed by atoms with Crippen LogP contribution in [0.2, 0.25) is 0 Å². The van der Waals surface area contributed by atoms with Crippen molar-refractivity contribution in [3.63, 3.8) is 0 Å². The lowest BCUT2D eigenvalue weighted by Gasteiger charge is -2.01. The predicted molar refractivity (Wildman–Crippen MR) is 50.9 cm³/mol. The highest BCUT2D eigenvalue weighted by Gasteiger charge is 2.14. The minimum absolute atomic E-state index is 0.0946. The van der Waals surface area contributed by atoms with Crippen LogP contribution in [0.3, 0.4) is 0 Å². The first-order chi connectivity index (χ1) is 6.75. The summed E-state index contributed by atoms with van der Waals surface area (Å²) in [6, 6.07) is 8.28. The van der Waals surface area contributed by atoms with E-state index in [0.29, 0.717) is 5.56 Å². The monoisotopic (exact) mass is 193 g/mol. The van der Waals surface area contributed by atoms with Crippen LogP contribution < -0.4 is 5.32 Å². The Morgan fingerprint density at radius 1 is 1.21 bits per heavy atom. The van der Waals surface area contributed by atoms with Crippen LogP contribution in [0.25, 0.3) is 0 Å². The Kier molecular flexibility index (Phi) is 3.82. The van der Waals surface area contributed by atoms with Crippen LogP contribution in [-0.2, 0) is 4.79 Å². The Labute approximate surface area is 81.6 Å². The highest BCUT2D eigenvalue weighted by molar-refractivity contribution is 6.42. The van der Waals surface area contributed by atoms with Gasteiger partial charge in [0.15, 0.2) is 0 Å². The smallest absolute Gasteiger partial charge is 0.292 e. The summed E-state index contributed by atoms with van der Waals surface area (Å²) in [6.45, 7) is -0.0782. The van der Waals surface area contributed by atoms with Crippen molar-refractivity contribution in [1.29, 1.82) is 0 Å². The highest BCUT2D eigenvalue weighted by atomic mass is 16.3. The predicted octanol–water partition coefficient (Wildman–Crippen LogP) is -0.0222. The minimum atomic E-state index is -0.690. The number of benzene rings is 1. The Morgan fingerprint density at radius 2 is 1.86 bits per heavy atom. The van der Waals surface area contributed by atoms with Crippen LogP contribution in [-0.4, -0.2) is 29.9 Å². The number of aliphatic hydroxyl groups is 1. The molecule has 2 N–H and O–H groups in total. The number of aliphatic hydroxyl groups excluding tert-OH is 1. The standard InChI is InChI=1S/C10H11NO3/c12-7-6-11-10(14)9(13)8-4-2-1-3-5-8/h1-5,12H,6-7H2,(H,11,14). The van der Waals surface area contributed by atoms with Gasteiger partial charge in [0.1, 0.15) is 0 Å². The Hall–Kier alpha value is -1.68. The number of rotatable bonds is 4. The summed E-state index contributed by atoms with van der Waals surface area (Å²) in [6.07, 6.45) is 0. The average molecular weight is 193 g/mol. The van der Waals surface area contributed by atoms with Gasteiger partial charge in [0, 0.05) is 12.1 Å². The summed E-state index contributed by atoms with van der Waals surface area (Å²) in [5.74, 6) is -1.27. The fourth-order valence-corrected chi connectivity index (χ4v) is 0.970. The van der Waals surface area contributed by atoms with Crippen molar-refractivity contribution in [3.05, 3.63) is 35.9 Å². The normalized spacial score (nSPS) is 9.50. The van der Waals surface area contributed by atoms with Gasteiger partial charge in [-0.2, -0.15) is 0 Å². The van der Waals surface area contributed by atoms with E-state index in [1.54, 1.807) is 30.3 Å². The molecule has 0 radical (unpaired) electrons. The van der Waals surface area contributed by atoms with Gasteiger partial charge in [0.25, 0.3) is 5.91 Å². The van der Waals surface area contributed by atoms with Crippen molar-refractivity contribution in [2.24, 2.45) is 0 Å². The third-order valence-electron chi connectivity index (χ3n) is 1.64. The fraction of sp³-hybridized carbons (Fsp3) is 0.200. The number of carbonyl (C=O) groups excluding carboxylic acids is 2. The zero-order chi connectivity index (χ0) is 10.4. The van der Waals surface area contributed by atoms with E-state index in [-0.39, 0.29) is 13.2 Å². The van der Waals surface area contributed by atoms with Crippen molar-refractivity contribution in [2.45, 2.75) is 0 Å². The van der Waals surface area contributed by atoms with E-state index in [1.165, 1.54) is 0 Å². The summed E-state index contributed by atoms with van der Waals surface area (Å²) in [4.78, 5) is 22.5. The van der Waals surface area contributed by atoms with Gasteiger partial charge in [-0.15, -0.1) is 0 Å². The molecule has 0 saturated carbocycles. The minimum Gasteiger partial charge on any atom is -0.395 e. The molecule has 0 saturated heterocycles. The molecule has 1 aromatic carbocycles. The van der Waals surface area contributed by atoms with Gasteiger partial charge in [-0.1, -0.05) is 30.3 Å². The lowest BCUT2D eigenvalue weighted by Crippen LogP contribution is -2.33. The van der Waals surface area contributed by atoms with Gasteiger partial charge >= 0.3 is 0 Å². The lowest BCUT2D eigenvalue weighted by atomic mass is 10.1. The number of hydrogen-bond acceptors (Lipinski definition) is 3. The van der Waals surface area contributed by atoms with Crippen LogP contribution in [0, 0.1) is 0 Å². The van der Waals surface area contributed by atoms with Gasteiger partial charge in [0.2, 0.25) is 5.78 Å². The lowest BCUT2D eigenvalue weighted by molar-refractivity contribution is -0.117. The highest BCUT2D eigenvalue weighted by Crippen LogP contribution is 1.99. The third kappa shape index (κ3) is 2.67. The van der Waals surface area contributed by atoms with Crippen LogP contribution in [0.1, 0.15) is 10.4 Å². The molecule has 0 unspecified atom stereocenters. The summed E-state index contributed by atoms with van der Waals surface area (Å²) in [5.41, 5.74) is 0.350. The summed E-state index contributed by atoms with van der Waals surface area (Å²) in [7, 11) is 0. The molecule has 1 amide bonds. The first-order valence-electron chi connectivity index (χ1n) is 4.24. The SMILES string of the molecule is O=C(NCCO)C(=O)c1ccccc1. The molecule has 0 aliphatic rings. The van der Waals surface area contributed by atoms with Gasteiger partial charge in [0.05, 0.1) is 6.61 Å². The fourth-order valence-electron chi connectivity index (χ4n) is 0.970. The van der Waals surface area contributed by atoms with E-state index in [1.807, 2.05) is 0 Å². The van der Waals surface area contributed by atoms with Crippen LogP contribution in [0.4, 0.5) is 0 Å². The van der Waals surface area contributed by atoms with Crippen molar-refractivity contribution < 1.29 is 14.7 Å². The third-order valence-corrected chi connectivity index (χ3v) is 1.64.